The predicted octanol–water partition coefficient (Wildman–Crippen LogP) is 2.75. The van der Waals surface area contributed by atoms with E-state index >= 15 is 0 Å². The lowest BCUT2D eigenvalue weighted by molar-refractivity contribution is 0.627. The van der Waals surface area contributed by atoms with Crippen LogP contribution >= 0.6 is 27.3 Å². The number of halogens is 2. The van der Waals surface area contributed by atoms with Crippen molar-refractivity contribution in [1.82, 2.24) is 14.4 Å². The van der Waals surface area contributed by atoms with Crippen LogP contribution in [0.2, 0.25) is 0 Å². The summed E-state index contributed by atoms with van der Waals surface area (Å²) in [6.07, 6.45) is 3.29. The number of nitrogens with zero attached hydrogens (tertiary/aromatic N) is 3. The number of pyridine rings is 1. The number of imidazole rings is 1. The van der Waals surface area contributed by atoms with Gasteiger partial charge in [-0.2, -0.15) is 0 Å². The van der Waals surface area contributed by atoms with Crippen LogP contribution < -0.4 is 10.1 Å². The molecule has 0 aliphatic carbocycles. The third-order valence-corrected chi connectivity index (χ3v) is 4.60. The van der Waals surface area contributed by atoms with Gasteiger partial charge in [-0.05, 0) is 45.8 Å². The fourth-order valence-electron chi connectivity index (χ4n) is 2.26. The van der Waals surface area contributed by atoms with E-state index in [0.717, 1.165) is 4.47 Å². The molecule has 0 N–H and O–H groups in total. The molecule has 0 aliphatic rings. The van der Waals surface area contributed by atoms with Crippen LogP contribution in [0.4, 0.5) is 4.39 Å². The van der Waals surface area contributed by atoms with Gasteiger partial charge in [-0.1, -0.05) is 23.5 Å². The Morgan fingerprint density at radius 2 is 2.18 bits per heavy atom. The van der Waals surface area contributed by atoms with E-state index in [2.05, 4.69) is 25.9 Å². The van der Waals surface area contributed by atoms with Gasteiger partial charge in [0.2, 0.25) is 0 Å². The van der Waals surface area contributed by atoms with Crippen molar-refractivity contribution < 1.29 is 4.39 Å². The molecule has 0 amide bonds. The molecule has 22 heavy (non-hydrogen) atoms. The summed E-state index contributed by atoms with van der Waals surface area (Å²) < 4.78 is 16.0. The Labute approximate surface area is 135 Å². The molecular weight excluding hydrogens is 369 g/mol. The quantitative estimate of drug-likeness (QED) is 0.513. The highest BCUT2D eigenvalue weighted by molar-refractivity contribution is 9.10. The molecule has 4 aromatic rings. The molecular formula is C15H7BrFN3OS. The third kappa shape index (κ3) is 2.13. The molecule has 108 valence electrons. The van der Waals surface area contributed by atoms with Crippen LogP contribution in [-0.4, -0.2) is 14.4 Å². The lowest BCUT2D eigenvalue weighted by Gasteiger charge is -1.91. The molecule has 0 atom stereocenters. The number of aromatic nitrogens is 3. The molecule has 0 radical (unpaired) electrons. The summed E-state index contributed by atoms with van der Waals surface area (Å²) in [5.41, 5.74) is 1.64. The summed E-state index contributed by atoms with van der Waals surface area (Å²) in [5.74, 6) is -0.334. The maximum Gasteiger partial charge on any atom is 0.276 e. The highest BCUT2D eigenvalue weighted by Gasteiger charge is 2.12. The summed E-state index contributed by atoms with van der Waals surface area (Å²) >= 11 is 4.60. The molecule has 3 heterocycles. The second-order valence-electron chi connectivity index (χ2n) is 4.70. The van der Waals surface area contributed by atoms with E-state index in [4.69, 9.17) is 0 Å². The van der Waals surface area contributed by atoms with Gasteiger partial charge in [-0.15, -0.1) is 0 Å². The number of fused-ring (bicyclic) bond motifs is 3. The van der Waals surface area contributed by atoms with Crippen molar-refractivity contribution in [3.8, 4) is 0 Å². The van der Waals surface area contributed by atoms with E-state index < -0.39 is 0 Å². The Bertz CT molecular complexity index is 1140. The monoisotopic (exact) mass is 375 g/mol. The minimum absolute atomic E-state index is 0.193. The molecule has 0 aliphatic heterocycles. The molecule has 4 rings (SSSR count). The largest absolute Gasteiger partial charge is 0.276 e. The van der Waals surface area contributed by atoms with Crippen LogP contribution in [0.25, 0.3) is 22.2 Å². The molecule has 0 saturated carbocycles. The Morgan fingerprint density at radius 1 is 1.32 bits per heavy atom. The van der Waals surface area contributed by atoms with E-state index in [1.165, 1.54) is 27.9 Å². The Balaban J connectivity index is 2.01. The number of hydrogen-bond donors (Lipinski definition) is 0. The van der Waals surface area contributed by atoms with Crippen molar-refractivity contribution in [3.63, 3.8) is 0 Å². The maximum atomic E-state index is 13.2. The molecule has 0 bridgehead atoms. The first kappa shape index (κ1) is 13.5. The predicted molar refractivity (Wildman–Crippen MR) is 87.5 cm³/mol. The summed E-state index contributed by atoms with van der Waals surface area (Å²) in [7, 11) is 0. The van der Waals surface area contributed by atoms with Gasteiger partial charge >= 0.3 is 0 Å². The number of hydrogen-bond acceptors (Lipinski definition) is 4. The van der Waals surface area contributed by atoms with Gasteiger partial charge in [0.1, 0.15) is 11.3 Å². The highest BCUT2D eigenvalue weighted by Crippen LogP contribution is 2.18. The van der Waals surface area contributed by atoms with Crippen LogP contribution in [-0.2, 0) is 0 Å². The second-order valence-corrected chi connectivity index (χ2v) is 6.62. The first-order valence-electron chi connectivity index (χ1n) is 6.35. The smallest absolute Gasteiger partial charge is 0.267 e. The Morgan fingerprint density at radius 3 is 3.00 bits per heavy atom. The normalized spacial score (nSPS) is 12.5. The minimum Gasteiger partial charge on any atom is -0.267 e. The Hall–Kier alpha value is -2.12. The van der Waals surface area contributed by atoms with Gasteiger partial charge in [0, 0.05) is 10.7 Å². The first-order chi connectivity index (χ1) is 10.6. The highest BCUT2D eigenvalue weighted by atomic mass is 79.9. The zero-order valence-corrected chi connectivity index (χ0v) is 13.4. The first-order valence-corrected chi connectivity index (χ1v) is 7.96. The van der Waals surface area contributed by atoms with Crippen molar-refractivity contribution in [2.75, 3.05) is 0 Å². The van der Waals surface area contributed by atoms with Crippen LogP contribution in [0.1, 0.15) is 5.56 Å². The van der Waals surface area contributed by atoms with Crippen molar-refractivity contribution in [3.05, 3.63) is 67.3 Å². The van der Waals surface area contributed by atoms with E-state index in [-0.39, 0.29) is 11.4 Å². The SMILES string of the molecule is O=c1/c(=C\c2cccc(F)c2)sc2nc3cc(Br)cnc3n12. The van der Waals surface area contributed by atoms with E-state index in [1.807, 2.05) is 6.07 Å². The topological polar surface area (TPSA) is 47.3 Å². The summed E-state index contributed by atoms with van der Waals surface area (Å²) in [5, 5.41) is 0. The molecule has 0 spiro atoms. The Kier molecular flexibility index (Phi) is 3.05. The summed E-state index contributed by atoms with van der Waals surface area (Å²) in [6, 6.07) is 7.93. The average Bonchev–Trinajstić information content (AvgIpc) is 2.96. The molecule has 7 heteroatoms. The van der Waals surface area contributed by atoms with Crippen molar-refractivity contribution in [2.24, 2.45) is 0 Å². The molecule has 4 nitrogen and oxygen atoms in total. The van der Waals surface area contributed by atoms with Gasteiger partial charge in [0.25, 0.3) is 5.56 Å². The van der Waals surface area contributed by atoms with Crippen LogP contribution in [0.15, 0.2) is 45.8 Å². The fourth-order valence-corrected chi connectivity index (χ4v) is 3.56. The summed E-state index contributed by atoms with van der Waals surface area (Å²) in [6.45, 7) is 0. The van der Waals surface area contributed by atoms with Gasteiger partial charge in [0.05, 0.1) is 4.53 Å². The van der Waals surface area contributed by atoms with Crippen molar-refractivity contribution >= 4 is 49.5 Å². The zero-order chi connectivity index (χ0) is 15.3. The lowest BCUT2D eigenvalue weighted by atomic mass is 10.2. The molecule has 0 unspecified atom stereocenters. The zero-order valence-electron chi connectivity index (χ0n) is 11.0. The van der Waals surface area contributed by atoms with Crippen LogP contribution in [0.3, 0.4) is 0 Å². The van der Waals surface area contributed by atoms with Gasteiger partial charge in [0.15, 0.2) is 10.6 Å². The fraction of sp³-hybridized carbons (Fsp3) is 0. The van der Waals surface area contributed by atoms with Crippen molar-refractivity contribution in [1.29, 1.82) is 0 Å². The van der Waals surface area contributed by atoms with E-state index in [1.54, 1.807) is 24.4 Å². The summed E-state index contributed by atoms with van der Waals surface area (Å²) in [4.78, 5) is 21.8. The van der Waals surface area contributed by atoms with Crippen LogP contribution in [0.5, 0.6) is 0 Å². The van der Waals surface area contributed by atoms with Crippen molar-refractivity contribution in [2.45, 2.75) is 0 Å². The lowest BCUT2D eigenvalue weighted by Crippen LogP contribution is -2.22. The third-order valence-electron chi connectivity index (χ3n) is 3.19. The second kappa shape index (κ2) is 4.96. The van der Waals surface area contributed by atoms with Gasteiger partial charge in [-0.3, -0.25) is 4.79 Å². The van der Waals surface area contributed by atoms with Gasteiger partial charge < -0.3 is 0 Å². The van der Waals surface area contributed by atoms with E-state index in [9.17, 15) is 9.18 Å². The maximum absolute atomic E-state index is 13.2. The average molecular weight is 376 g/mol. The minimum atomic E-state index is -0.334. The standard InChI is InChI=1S/C15H7BrFN3OS/c16-9-6-11-13(18-7-9)20-14(21)12(22-15(20)19-11)5-8-2-1-3-10(17)4-8/h1-7H/b12-5+. The van der Waals surface area contributed by atoms with Gasteiger partial charge in [-0.25, -0.2) is 18.8 Å². The molecule has 3 aromatic heterocycles. The number of benzene rings is 1. The number of rotatable bonds is 1. The molecule has 1 aromatic carbocycles. The van der Waals surface area contributed by atoms with E-state index in [0.29, 0.717) is 26.2 Å². The number of thiazole rings is 1. The van der Waals surface area contributed by atoms with Crippen LogP contribution in [0, 0.1) is 5.82 Å². The molecule has 0 saturated heterocycles. The molecule has 0 fully saturated rings.